The zero-order valence-corrected chi connectivity index (χ0v) is 11.6. The molecule has 0 fully saturated rings. The molecule has 2 rings (SSSR count). The monoisotopic (exact) mass is 355 g/mol. The smallest absolute Gasteiger partial charge is 0.123 e. The molecule has 92 valence electrons. The van der Waals surface area contributed by atoms with E-state index in [9.17, 15) is 4.39 Å². The molecule has 3 nitrogen and oxygen atoms in total. The lowest BCUT2D eigenvalue weighted by Crippen LogP contribution is -2.27. The van der Waals surface area contributed by atoms with Crippen LogP contribution in [0, 0.1) is 5.82 Å². The molecule has 1 heterocycles. The molecule has 5 heteroatoms. The lowest BCUT2D eigenvalue weighted by Gasteiger charge is -2.00. The van der Waals surface area contributed by atoms with E-state index in [0.717, 1.165) is 19.8 Å². The van der Waals surface area contributed by atoms with Crippen molar-refractivity contribution in [1.29, 1.82) is 0 Å². The second-order valence-corrected chi connectivity index (χ2v) is 4.76. The van der Waals surface area contributed by atoms with Gasteiger partial charge in [-0.3, -0.25) is 0 Å². The number of nitrogens with zero attached hydrogens (tertiary/aromatic N) is 2. The van der Waals surface area contributed by atoms with Crippen LogP contribution in [0.2, 0.25) is 0 Å². The molecule has 0 saturated carbocycles. The second kappa shape index (κ2) is 5.34. The highest BCUT2D eigenvalue weighted by Gasteiger charge is 2.01. The lowest BCUT2D eigenvalue weighted by molar-refractivity contribution is 0.627. The van der Waals surface area contributed by atoms with Gasteiger partial charge in [0.15, 0.2) is 0 Å². The predicted octanol–water partition coefficient (Wildman–Crippen LogP) is 1.44. The number of rotatable bonds is 2. The van der Waals surface area contributed by atoms with Gasteiger partial charge in [-0.2, -0.15) is 5.10 Å². The maximum absolute atomic E-state index is 12.9. The topological polar surface area (TPSA) is 43.8 Å². The third kappa shape index (κ3) is 2.45. The molecule has 0 atom stereocenters. The van der Waals surface area contributed by atoms with E-state index in [2.05, 4.69) is 34.3 Å². The van der Waals surface area contributed by atoms with Crippen LogP contribution in [0.25, 0.3) is 15.8 Å². The van der Waals surface area contributed by atoms with Gasteiger partial charge < -0.3 is 5.73 Å². The number of benzene rings is 1. The highest BCUT2D eigenvalue weighted by molar-refractivity contribution is 14.1. The third-order valence-electron chi connectivity index (χ3n) is 2.44. The minimum Gasteiger partial charge on any atom is -0.405 e. The number of halogens is 2. The molecule has 0 radical (unpaired) electrons. The largest absolute Gasteiger partial charge is 0.405 e. The van der Waals surface area contributed by atoms with Crippen LogP contribution < -0.4 is 16.3 Å². The average Bonchev–Trinajstić information content (AvgIpc) is 2.73. The fourth-order valence-corrected chi connectivity index (χ4v) is 2.21. The first-order chi connectivity index (χ1) is 8.63. The fraction of sp³-hybridized carbons (Fsp3) is 0. The van der Waals surface area contributed by atoms with Crippen molar-refractivity contribution in [2.45, 2.75) is 0 Å². The Morgan fingerprint density at radius 1 is 1.39 bits per heavy atom. The van der Waals surface area contributed by atoms with Gasteiger partial charge in [0, 0.05) is 8.80 Å². The Balaban J connectivity index is 2.60. The van der Waals surface area contributed by atoms with Crippen LogP contribution in [0.3, 0.4) is 0 Å². The molecule has 0 aliphatic carbocycles. The van der Waals surface area contributed by atoms with Gasteiger partial charge in [-0.05, 0) is 59.1 Å². The minimum atomic E-state index is -0.274. The molecule has 0 spiro atoms. The zero-order valence-electron chi connectivity index (χ0n) is 9.48. The summed E-state index contributed by atoms with van der Waals surface area (Å²) >= 11 is 2.17. The zero-order chi connectivity index (χ0) is 13.1. The lowest BCUT2D eigenvalue weighted by atomic mass is 10.3. The Morgan fingerprint density at radius 2 is 2.06 bits per heavy atom. The third-order valence-corrected chi connectivity index (χ3v) is 3.38. The van der Waals surface area contributed by atoms with Crippen LogP contribution in [-0.4, -0.2) is 9.78 Å². The molecule has 0 aliphatic rings. The van der Waals surface area contributed by atoms with Crippen molar-refractivity contribution in [3.8, 4) is 5.69 Å². The molecular weight excluding hydrogens is 344 g/mol. The van der Waals surface area contributed by atoms with Crippen molar-refractivity contribution in [2.75, 3.05) is 0 Å². The van der Waals surface area contributed by atoms with Crippen molar-refractivity contribution in [3.05, 3.63) is 59.1 Å². The van der Waals surface area contributed by atoms with E-state index in [0.29, 0.717) is 0 Å². The molecule has 18 heavy (non-hydrogen) atoms. The number of hydrogen-bond acceptors (Lipinski definition) is 2. The molecule has 0 unspecified atom stereocenters. The Bertz CT molecular complexity index is 686. The van der Waals surface area contributed by atoms with Crippen LogP contribution in [0.1, 0.15) is 0 Å². The summed E-state index contributed by atoms with van der Waals surface area (Å²) < 4.78 is 15.5. The molecule has 1 aromatic heterocycles. The molecule has 0 saturated heterocycles. The van der Waals surface area contributed by atoms with E-state index in [4.69, 9.17) is 5.73 Å². The van der Waals surface area contributed by atoms with Gasteiger partial charge >= 0.3 is 0 Å². The summed E-state index contributed by atoms with van der Waals surface area (Å²) in [5.41, 5.74) is 6.13. The van der Waals surface area contributed by atoms with Crippen molar-refractivity contribution in [1.82, 2.24) is 9.78 Å². The number of hydrogen-bond donors (Lipinski definition) is 1. The van der Waals surface area contributed by atoms with Gasteiger partial charge in [-0.15, -0.1) is 0 Å². The maximum atomic E-state index is 12.9. The molecular formula is C13H11FIN3. The molecule has 2 N–H and O–H groups in total. The van der Waals surface area contributed by atoms with E-state index < -0.39 is 0 Å². The van der Waals surface area contributed by atoms with Crippen LogP contribution in [0.4, 0.5) is 4.39 Å². The molecule has 0 amide bonds. The molecule has 1 aromatic carbocycles. The Labute approximate surface area is 117 Å². The second-order valence-electron chi connectivity index (χ2n) is 3.60. The van der Waals surface area contributed by atoms with Crippen molar-refractivity contribution in [2.24, 2.45) is 5.73 Å². The highest BCUT2D eigenvalue weighted by atomic mass is 127. The summed E-state index contributed by atoms with van der Waals surface area (Å²) in [6.07, 6.45) is 4.96. The van der Waals surface area contributed by atoms with E-state index in [1.54, 1.807) is 29.1 Å². The first-order valence-corrected chi connectivity index (χ1v) is 6.28. The molecule has 0 aliphatic heterocycles. The van der Waals surface area contributed by atoms with E-state index >= 15 is 0 Å². The van der Waals surface area contributed by atoms with Gasteiger partial charge in [0.25, 0.3) is 0 Å². The van der Waals surface area contributed by atoms with E-state index in [1.165, 1.54) is 18.3 Å². The normalized spacial score (nSPS) is 13.0. The molecule has 0 bridgehead atoms. The van der Waals surface area contributed by atoms with Crippen molar-refractivity contribution < 1.29 is 4.39 Å². The Kier molecular flexibility index (Phi) is 3.81. The van der Waals surface area contributed by atoms with Crippen LogP contribution >= 0.6 is 22.6 Å². The summed E-state index contributed by atoms with van der Waals surface area (Å²) in [5.74, 6) is -0.274. The fourth-order valence-electron chi connectivity index (χ4n) is 1.55. The van der Waals surface area contributed by atoms with Gasteiger partial charge in [0.2, 0.25) is 0 Å². The summed E-state index contributed by atoms with van der Waals surface area (Å²) in [4.78, 5) is 0. The van der Waals surface area contributed by atoms with Gasteiger partial charge in [-0.1, -0.05) is 6.58 Å². The Morgan fingerprint density at radius 3 is 2.67 bits per heavy atom. The summed E-state index contributed by atoms with van der Waals surface area (Å²) in [6, 6.07) is 6.11. The quantitative estimate of drug-likeness (QED) is 0.829. The standard InChI is InChI=1S/C13H11FIN3/c1-9-12(13(15)6-7-16)8-17-18(9)11-4-2-10(14)3-5-11/h2-8H,1,16H2/b7-6-,13-12+. The maximum Gasteiger partial charge on any atom is 0.123 e. The number of aromatic nitrogens is 2. The van der Waals surface area contributed by atoms with Crippen LogP contribution in [-0.2, 0) is 0 Å². The SMILES string of the molecule is C=c1/c(=C(I)\C=C/N)cnn1-c1ccc(F)cc1. The van der Waals surface area contributed by atoms with Crippen LogP contribution in [0.15, 0.2) is 42.7 Å². The summed E-state index contributed by atoms with van der Waals surface area (Å²) in [5, 5.41) is 5.89. The predicted molar refractivity (Wildman–Crippen MR) is 79.0 cm³/mol. The first kappa shape index (κ1) is 12.8. The van der Waals surface area contributed by atoms with Crippen LogP contribution in [0.5, 0.6) is 0 Å². The van der Waals surface area contributed by atoms with E-state index in [1.807, 2.05) is 0 Å². The molecule has 2 aromatic rings. The van der Waals surface area contributed by atoms with Gasteiger partial charge in [0.05, 0.1) is 17.2 Å². The average molecular weight is 355 g/mol. The number of allylic oxidation sites excluding steroid dienone is 1. The Hall–Kier alpha value is -1.63. The summed E-state index contributed by atoms with van der Waals surface area (Å²) in [7, 11) is 0. The highest BCUT2D eigenvalue weighted by Crippen LogP contribution is 2.06. The van der Waals surface area contributed by atoms with Crippen molar-refractivity contribution >= 4 is 32.7 Å². The number of nitrogens with two attached hydrogens (primary N) is 1. The van der Waals surface area contributed by atoms with Gasteiger partial charge in [0.1, 0.15) is 5.82 Å². The first-order valence-electron chi connectivity index (χ1n) is 5.20. The summed E-state index contributed by atoms with van der Waals surface area (Å²) in [6.45, 7) is 3.99. The van der Waals surface area contributed by atoms with E-state index in [-0.39, 0.29) is 5.82 Å². The van der Waals surface area contributed by atoms with Crippen molar-refractivity contribution in [3.63, 3.8) is 0 Å². The van der Waals surface area contributed by atoms with Gasteiger partial charge in [-0.25, -0.2) is 9.07 Å². The minimum absolute atomic E-state index is 0.274.